The number of amides is 1. The highest BCUT2D eigenvalue weighted by Crippen LogP contribution is 2.19. The summed E-state index contributed by atoms with van der Waals surface area (Å²) in [5.41, 5.74) is 2.85. The molecular formula is C26H33N3O3. The predicted octanol–water partition coefficient (Wildman–Crippen LogP) is 4.98. The van der Waals surface area contributed by atoms with E-state index in [0.717, 1.165) is 30.5 Å². The van der Waals surface area contributed by atoms with Crippen molar-refractivity contribution in [2.75, 3.05) is 6.54 Å². The van der Waals surface area contributed by atoms with E-state index in [4.69, 9.17) is 10.00 Å². The molecule has 0 spiro atoms. The Morgan fingerprint density at radius 3 is 2.53 bits per heavy atom. The zero-order valence-corrected chi connectivity index (χ0v) is 19.2. The molecule has 0 aliphatic heterocycles. The Balaban J connectivity index is 2.83. The van der Waals surface area contributed by atoms with Gasteiger partial charge in [0.15, 0.2) is 0 Å². The molecule has 1 unspecified atom stereocenters. The van der Waals surface area contributed by atoms with Crippen LogP contribution in [0.2, 0.25) is 0 Å². The Bertz CT molecular complexity index is 890. The fourth-order valence-corrected chi connectivity index (χ4v) is 2.61. The number of allylic oxidation sites excluding steroid dienone is 4. The van der Waals surface area contributed by atoms with Gasteiger partial charge in [0.1, 0.15) is 0 Å². The molecule has 6 heteroatoms. The van der Waals surface area contributed by atoms with Crippen molar-refractivity contribution in [1.29, 1.82) is 5.26 Å². The Hall–Kier alpha value is -3.59. The number of rotatable bonds is 13. The van der Waals surface area contributed by atoms with Gasteiger partial charge in [-0.1, -0.05) is 57.2 Å². The van der Waals surface area contributed by atoms with Crippen LogP contribution in [0.25, 0.3) is 0 Å². The molecule has 0 fully saturated rings. The highest BCUT2D eigenvalue weighted by Gasteiger charge is 2.24. The van der Waals surface area contributed by atoms with E-state index in [1.54, 1.807) is 42.6 Å². The van der Waals surface area contributed by atoms with E-state index in [2.05, 4.69) is 17.2 Å². The molecule has 1 rings (SSSR count). The molecule has 1 amide bonds. The van der Waals surface area contributed by atoms with Gasteiger partial charge in [0, 0.05) is 17.8 Å². The summed E-state index contributed by atoms with van der Waals surface area (Å²) in [6, 6.07) is 8.48. The summed E-state index contributed by atoms with van der Waals surface area (Å²) in [5, 5.41) is 14.9. The van der Waals surface area contributed by atoms with Crippen LogP contribution in [-0.2, 0) is 14.3 Å². The molecule has 0 aliphatic rings. The minimum absolute atomic E-state index is 0.0000713. The van der Waals surface area contributed by atoms with Crippen LogP contribution in [0.1, 0.15) is 63.7 Å². The second-order valence-electron chi connectivity index (χ2n) is 7.11. The molecule has 170 valence electrons. The highest BCUT2D eigenvalue weighted by molar-refractivity contribution is 5.85. The standard InChI is InChI=1S/C26H33N3O3/c1-5-8-11-23(20(4)7-3)28-18-10-12-24(30)32-25(26(31)29-17-9-6-2)22-15-13-21(19-27)14-16-22/h7-8,10-11,13-16,18,25,28H,3,5-6,9,12,17H2,1-2,4H3,(H,29,31)/b11-8-,18-10+,23-20+. The topological polar surface area (TPSA) is 91.2 Å². The van der Waals surface area contributed by atoms with Crippen molar-refractivity contribution in [3.63, 3.8) is 0 Å². The number of nitrogens with one attached hydrogen (secondary N) is 2. The molecule has 1 aromatic carbocycles. The Kier molecular flexibility index (Phi) is 12.6. The van der Waals surface area contributed by atoms with Gasteiger partial charge >= 0.3 is 5.97 Å². The molecular weight excluding hydrogens is 402 g/mol. The van der Waals surface area contributed by atoms with Crippen LogP contribution in [0.5, 0.6) is 0 Å². The second-order valence-corrected chi connectivity index (χ2v) is 7.11. The Morgan fingerprint density at radius 2 is 1.94 bits per heavy atom. The summed E-state index contributed by atoms with van der Waals surface area (Å²) in [7, 11) is 0. The number of carbonyl (C=O) groups excluding carboxylic acids is 2. The maximum absolute atomic E-state index is 12.6. The SMILES string of the molecule is C=C/C(C)=C(\C=C/CC)N/C=C/CC(=O)OC(C(=O)NCCCC)c1ccc(C#N)cc1. The molecule has 0 saturated carbocycles. The molecule has 6 nitrogen and oxygen atoms in total. The maximum Gasteiger partial charge on any atom is 0.310 e. The van der Waals surface area contributed by atoms with Crippen molar-refractivity contribution in [3.05, 3.63) is 83.7 Å². The average Bonchev–Trinajstić information content (AvgIpc) is 2.81. The average molecular weight is 436 g/mol. The van der Waals surface area contributed by atoms with Gasteiger partial charge < -0.3 is 15.4 Å². The van der Waals surface area contributed by atoms with Crippen molar-refractivity contribution >= 4 is 11.9 Å². The van der Waals surface area contributed by atoms with Crippen molar-refractivity contribution in [2.45, 2.75) is 52.6 Å². The Labute approximate surface area is 191 Å². The molecule has 1 atom stereocenters. The van der Waals surface area contributed by atoms with Gasteiger partial charge in [-0.2, -0.15) is 5.26 Å². The molecule has 32 heavy (non-hydrogen) atoms. The van der Waals surface area contributed by atoms with Gasteiger partial charge in [-0.25, -0.2) is 0 Å². The van der Waals surface area contributed by atoms with Crippen molar-refractivity contribution in [3.8, 4) is 6.07 Å². The summed E-state index contributed by atoms with van der Waals surface area (Å²) >= 11 is 0. The lowest BCUT2D eigenvalue weighted by molar-refractivity contribution is -0.155. The third-order valence-electron chi connectivity index (χ3n) is 4.55. The van der Waals surface area contributed by atoms with Crippen molar-refractivity contribution in [1.82, 2.24) is 10.6 Å². The largest absolute Gasteiger partial charge is 0.447 e. The van der Waals surface area contributed by atoms with E-state index in [-0.39, 0.29) is 12.3 Å². The van der Waals surface area contributed by atoms with Crippen LogP contribution in [0.4, 0.5) is 0 Å². The van der Waals surface area contributed by atoms with E-state index >= 15 is 0 Å². The zero-order valence-electron chi connectivity index (χ0n) is 19.2. The molecule has 0 radical (unpaired) electrons. The summed E-state index contributed by atoms with van der Waals surface area (Å²) in [5.74, 6) is -0.909. The first-order chi connectivity index (χ1) is 15.5. The normalized spacial score (nSPS) is 12.7. The predicted molar refractivity (Wildman–Crippen MR) is 127 cm³/mol. The minimum Gasteiger partial charge on any atom is -0.447 e. The number of ether oxygens (including phenoxy) is 1. The molecule has 0 bridgehead atoms. The van der Waals surface area contributed by atoms with Gasteiger partial charge in [0.25, 0.3) is 5.91 Å². The van der Waals surface area contributed by atoms with E-state index in [9.17, 15) is 9.59 Å². The Morgan fingerprint density at radius 1 is 1.22 bits per heavy atom. The molecule has 1 aromatic rings. The number of hydrogen-bond donors (Lipinski definition) is 2. The monoisotopic (exact) mass is 435 g/mol. The van der Waals surface area contributed by atoms with Gasteiger partial charge in [0.2, 0.25) is 6.10 Å². The number of nitriles is 1. The van der Waals surface area contributed by atoms with E-state index < -0.39 is 12.1 Å². The third kappa shape index (κ3) is 9.48. The number of nitrogens with zero attached hydrogens (tertiary/aromatic N) is 1. The van der Waals surface area contributed by atoms with Crippen LogP contribution >= 0.6 is 0 Å². The smallest absolute Gasteiger partial charge is 0.310 e. The number of hydrogen-bond acceptors (Lipinski definition) is 5. The number of benzene rings is 1. The van der Waals surface area contributed by atoms with Crippen molar-refractivity contribution in [2.24, 2.45) is 0 Å². The quantitative estimate of drug-likeness (QED) is 0.259. The van der Waals surface area contributed by atoms with Crippen LogP contribution in [0, 0.1) is 11.3 Å². The number of unbranched alkanes of at least 4 members (excludes halogenated alkanes) is 1. The third-order valence-corrected chi connectivity index (χ3v) is 4.55. The fourth-order valence-electron chi connectivity index (χ4n) is 2.61. The summed E-state index contributed by atoms with van der Waals surface area (Å²) in [6.45, 7) is 10.3. The zero-order chi connectivity index (χ0) is 23.8. The molecule has 0 aromatic heterocycles. The molecule has 0 heterocycles. The van der Waals surface area contributed by atoms with Gasteiger partial charge in [-0.3, -0.25) is 9.59 Å². The first-order valence-corrected chi connectivity index (χ1v) is 10.8. The van der Waals surface area contributed by atoms with Gasteiger partial charge in [-0.15, -0.1) is 0 Å². The second kappa shape index (κ2) is 15.2. The summed E-state index contributed by atoms with van der Waals surface area (Å²) in [4.78, 5) is 25.0. The fraction of sp³-hybridized carbons (Fsp3) is 0.346. The first kappa shape index (κ1) is 26.4. The summed E-state index contributed by atoms with van der Waals surface area (Å²) < 4.78 is 5.49. The molecule has 2 N–H and O–H groups in total. The lowest BCUT2D eigenvalue weighted by Crippen LogP contribution is -2.32. The number of carbonyl (C=O) groups is 2. The molecule has 0 aliphatic carbocycles. The van der Waals surface area contributed by atoms with Crippen LogP contribution in [-0.4, -0.2) is 18.4 Å². The lowest BCUT2D eigenvalue weighted by Gasteiger charge is -2.18. The van der Waals surface area contributed by atoms with Crippen LogP contribution in [0.15, 0.2) is 72.6 Å². The van der Waals surface area contributed by atoms with Gasteiger partial charge in [-0.05, 0) is 49.7 Å². The first-order valence-electron chi connectivity index (χ1n) is 10.8. The molecule has 0 saturated heterocycles. The van der Waals surface area contributed by atoms with Crippen LogP contribution < -0.4 is 10.6 Å². The summed E-state index contributed by atoms with van der Waals surface area (Å²) in [6.07, 6.45) is 10.7. The maximum atomic E-state index is 12.6. The van der Waals surface area contributed by atoms with Gasteiger partial charge in [0.05, 0.1) is 18.1 Å². The van der Waals surface area contributed by atoms with Crippen LogP contribution in [0.3, 0.4) is 0 Å². The van der Waals surface area contributed by atoms with E-state index in [1.165, 1.54) is 0 Å². The number of esters is 1. The van der Waals surface area contributed by atoms with Crippen molar-refractivity contribution < 1.29 is 14.3 Å². The minimum atomic E-state index is -1.07. The van der Waals surface area contributed by atoms with E-state index in [0.29, 0.717) is 17.7 Å². The highest BCUT2D eigenvalue weighted by atomic mass is 16.5. The lowest BCUT2D eigenvalue weighted by atomic mass is 10.1. The van der Waals surface area contributed by atoms with E-state index in [1.807, 2.05) is 39.0 Å².